The van der Waals surface area contributed by atoms with E-state index in [0.717, 1.165) is 57.5 Å². The van der Waals surface area contributed by atoms with Crippen LogP contribution in [-0.4, -0.2) is 83.5 Å². The number of aromatic amines is 2. The molecule has 2 aliphatic heterocycles. The SMILES string of the molecule is C.Nc1cnc2[nH]c(-c3ccc(NC(=O)[C@@H]4CCCN4C(=O)Cc4ccccc4)cc3)cc2c1.O=C(Nc1ccc(-c2cc3cc([N+](=O)[O-])cnc3[nH]2)cc1)[C@@H]1CCCN1C(=O)Cc1ccccc1.[CH3-].[Pd]. The molecule has 0 spiro atoms. The number of anilines is 3. The van der Waals surface area contributed by atoms with Crippen LogP contribution in [0.3, 0.4) is 0 Å². The topological polar surface area (TPSA) is 225 Å². The van der Waals surface area contributed by atoms with Gasteiger partial charge >= 0.3 is 0 Å². The number of hydrogen-bond donors (Lipinski definition) is 5. The number of nitrogens with one attached hydrogen (secondary N) is 4. The number of pyridine rings is 2. The van der Waals surface area contributed by atoms with Gasteiger partial charge in [0.25, 0.3) is 5.69 Å². The molecule has 10 rings (SSSR count). The van der Waals surface area contributed by atoms with Crippen LogP contribution in [0.2, 0.25) is 0 Å². The summed E-state index contributed by atoms with van der Waals surface area (Å²) in [6, 6.07) is 40.3. The number of likely N-dealkylation sites (tertiary alicyclic amines) is 2. The van der Waals surface area contributed by atoms with E-state index in [1.54, 1.807) is 34.2 Å². The summed E-state index contributed by atoms with van der Waals surface area (Å²) in [5, 5.41) is 18.5. The van der Waals surface area contributed by atoms with Crippen molar-refractivity contribution in [3.8, 4) is 22.5 Å². The second-order valence-corrected chi connectivity index (χ2v) is 16.9. The molecule has 4 aromatic heterocycles. The average Bonchev–Trinajstić information content (AvgIpc) is 4.19. The molecule has 16 nitrogen and oxygen atoms in total. The summed E-state index contributed by atoms with van der Waals surface area (Å²) in [6.07, 6.45) is 6.37. The van der Waals surface area contributed by atoms with E-state index in [9.17, 15) is 29.3 Å². The first-order chi connectivity index (χ1) is 33.0. The number of nitrogen functional groups attached to an aromatic ring is 1. The van der Waals surface area contributed by atoms with E-state index < -0.39 is 17.0 Å². The molecular formula is C54H55N10O6Pd-. The molecule has 0 radical (unpaired) electrons. The van der Waals surface area contributed by atoms with Crippen LogP contribution in [0, 0.1) is 17.5 Å². The molecule has 0 aliphatic carbocycles. The molecule has 368 valence electrons. The maximum atomic E-state index is 13.0. The standard InChI is InChI=1S/C26H23N5O4.C26H25N5O2.CH4.CH3.Pd/c32-24(13-17-5-2-1-3-6-17)30-12-4-7-23(30)26(33)28-20-10-8-18(9-11-20)22-15-19-14-21(31(34)35)16-27-25(19)29-22;27-20-14-19-15-22(30-25(19)28-16-20)18-8-10-21(11-9-18)29-26(33)23-7-4-12-31(23)24(32)13-17-5-2-1-3-6-17;;;/h1-3,5-6,8-11,14-16,23H,4,7,12-13H2,(H,27,29)(H,28,33);1-3,5-6,8-11,14-16,23H,4,7,12-13,27H2,(H,28,30)(H,29,33);1H4;1H3;/q;;;-1;/t2*23-;;;/m00.../s1. The largest absolute Gasteiger partial charge is 0.397 e. The first kappa shape index (κ1) is 52.4. The maximum absolute atomic E-state index is 13.0. The Morgan fingerprint density at radius 3 is 1.49 bits per heavy atom. The van der Waals surface area contributed by atoms with Crippen molar-refractivity contribution in [2.24, 2.45) is 0 Å². The number of nitro groups is 1. The smallest absolute Gasteiger partial charge is 0.288 e. The second-order valence-electron chi connectivity index (χ2n) is 16.9. The fourth-order valence-corrected chi connectivity index (χ4v) is 8.78. The molecule has 17 heteroatoms. The van der Waals surface area contributed by atoms with Crippen molar-refractivity contribution in [1.29, 1.82) is 0 Å². The van der Waals surface area contributed by atoms with Crippen molar-refractivity contribution in [2.75, 3.05) is 29.5 Å². The van der Waals surface area contributed by atoms with E-state index in [1.165, 1.54) is 12.3 Å². The number of nitrogens with zero attached hydrogens (tertiary/aromatic N) is 5. The first-order valence-electron chi connectivity index (χ1n) is 22.4. The number of H-pyrrole nitrogens is 2. The first-order valence-corrected chi connectivity index (χ1v) is 22.4. The number of amides is 4. The summed E-state index contributed by atoms with van der Waals surface area (Å²) >= 11 is 0. The number of carbonyl (C=O) groups excluding carboxylic acids is 4. The Labute approximate surface area is 425 Å². The van der Waals surface area contributed by atoms with Crippen LogP contribution in [0.5, 0.6) is 0 Å². The fourth-order valence-electron chi connectivity index (χ4n) is 8.78. The van der Waals surface area contributed by atoms with Crippen molar-refractivity contribution in [3.63, 3.8) is 0 Å². The van der Waals surface area contributed by atoms with Gasteiger partial charge in [0, 0.05) is 73.1 Å². The minimum absolute atomic E-state index is 0. The summed E-state index contributed by atoms with van der Waals surface area (Å²) < 4.78 is 0. The van der Waals surface area contributed by atoms with E-state index in [2.05, 4.69) is 30.6 Å². The van der Waals surface area contributed by atoms with Crippen molar-refractivity contribution in [1.82, 2.24) is 29.7 Å². The third-order valence-electron chi connectivity index (χ3n) is 12.2. The number of fused-ring (bicyclic) bond motifs is 2. The van der Waals surface area contributed by atoms with Crippen LogP contribution >= 0.6 is 0 Å². The zero-order valence-electron chi connectivity index (χ0n) is 38.2. The molecule has 6 heterocycles. The van der Waals surface area contributed by atoms with Gasteiger partial charge < -0.3 is 43.6 Å². The summed E-state index contributed by atoms with van der Waals surface area (Å²) in [5.74, 6) is -0.398. The van der Waals surface area contributed by atoms with Crippen molar-refractivity contribution in [3.05, 3.63) is 175 Å². The molecule has 2 atom stereocenters. The van der Waals surface area contributed by atoms with Gasteiger partial charge in [0.2, 0.25) is 23.6 Å². The van der Waals surface area contributed by atoms with Crippen LogP contribution in [0.4, 0.5) is 22.7 Å². The number of nitrogens with two attached hydrogens (primary N) is 1. The zero-order valence-corrected chi connectivity index (χ0v) is 39.8. The van der Waals surface area contributed by atoms with Gasteiger partial charge in [0.15, 0.2) is 0 Å². The molecule has 6 N–H and O–H groups in total. The molecule has 0 unspecified atom stereocenters. The number of benzene rings is 4. The molecule has 2 aliphatic rings. The van der Waals surface area contributed by atoms with E-state index >= 15 is 0 Å². The molecular weight excluding hydrogens is 991 g/mol. The molecule has 71 heavy (non-hydrogen) atoms. The normalized spacial score (nSPS) is 14.8. The van der Waals surface area contributed by atoms with E-state index in [-0.39, 0.29) is 71.0 Å². The van der Waals surface area contributed by atoms with Crippen LogP contribution < -0.4 is 16.4 Å². The third-order valence-corrected chi connectivity index (χ3v) is 12.2. The third kappa shape index (κ3) is 12.4. The molecule has 4 aromatic carbocycles. The van der Waals surface area contributed by atoms with Gasteiger partial charge in [-0.05, 0) is 90.4 Å². The Bertz CT molecular complexity index is 3130. The predicted octanol–water partition coefficient (Wildman–Crippen LogP) is 9.38. The molecule has 0 bridgehead atoms. The van der Waals surface area contributed by atoms with Gasteiger partial charge in [0.05, 0.1) is 29.6 Å². The van der Waals surface area contributed by atoms with Gasteiger partial charge in [-0.15, -0.1) is 0 Å². The van der Waals surface area contributed by atoms with Gasteiger partial charge in [-0.25, -0.2) is 9.97 Å². The number of carbonyl (C=O) groups is 4. The van der Waals surface area contributed by atoms with E-state index in [1.807, 2.05) is 109 Å². The Kier molecular flexibility index (Phi) is 17.4. The Morgan fingerprint density at radius 1 is 0.634 bits per heavy atom. The van der Waals surface area contributed by atoms with Crippen molar-refractivity contribution < 1.29 is 44.5 Å². The van der Waals surface area contributed by atoms with E-state index in [0.29, 0.717) is 60.4 Å². The Hall–Kier alpha value is -8.00. The van der Waals surface area contributed by atoms with Crippen LogP contribution in [0.15, 0.2) is 146 Å². The summed E-state index contributed by atoms with van der Waals surface area (Å²) in [7, 11) is 0. The van der Waals surface area contributed by atoms with Crippen LogP contribution in [0.25, 0.3) is 44.6 Å². The molecule has 8 aromatic rings. The molecule has 0 saturated carbocycles. The number of rotatable bonds is 11. The van der Waals surface area contributed by atoms with Crippen LogP contribution in [-0.2, 0) is 52.4 Å². The molecule has 2 saturated heterocycles. The van der Waals surface area contributed by atoms with Gasteiger partial charge in [0.1, 0.15) is 29.6 Å². The van der Waals surface area contributed by atoms with Gasteiger partial charge in [-0.3, -0.25) is 29.3 Å². The summed E-state index contributed by atoms with van der Waals surface area (Å²) in [4.78, 5) is 80.3. The van der Waals surface area contributed by atoms with Gasteiger partial charge in [-0.1, -0.05) is 92.4 Å². The van der Waals surface area contributed by atoms with Crippen molar-refractivity contribution >= 4 is 68.4 Å². The van der Waals surface area contributed by atoms with Crippen LogP contribution in [0.1, 0.15) is 44.2 Å². The minimum Gasteiger partial charge on any atom is -0.397 e. The quantitative estimate of drug-likeness (QED) is 0.0360. The number of hydrogen-bond acceptors (Lipinski definition) is 9. The minimum atomic E-state index is -0.485. The molecule has 4 amide bonds. The maximum Gasteiger partial charge on any atom is 0.288 e. The predicted molar refractivity (Wildman–Crippen MR) is 274 cm³/mol. The Balaban J connectivity index is 0.000000223. The zero-order chi connectivity index (χ0) is 47.1. The van der Waals surface area contributed by atoms with Gasteiger partial charge in [-0.2, -0.15) is 0 Å². The monoisotopic (exact) mass is 1050 g/mol. The fraction of sp³-hybridized carbons (Fsp3) is 0.204. The second kappa shape index (κ2) is 23.5. The molecule has 2 fully saturated rings. The number of aromatic nitrogens is 4. The average molecular weight is 1050 g/mol. The van der Waals surface area contributed by atoms with Crippen molar-refractivity contribution in [2.45, 2.75) is 58.0 Å². The van der Waals surface area contributed by atoms with E-state index in [4.69, 9.17) is 5.73 Å². The Morgan fingerprint density at radius 2 is 1.06 bits per heavy atom. The summed E-state index contributed by atoms with van der Waals surface area (Å²) in [5.41, 5.74) is 14.4. The summed E-state index contributed by atoms with van der Waals surface area (Å²) in [6.45, 7) is 1.19.